The number of aliphatic hydroxyl groups is 1. The van der Waals surface area contributed by atoms with E-state index in [0.29, 0.717) is 18.7 Å². The summed E-state index contributed by atoms with van der Waals surface area (Å²) in [5.74, 6) is 0.799. The first kappa shape index (κ1) is 17.8. The molecule has 0 saturated carbocycles. The Morgan fingerprint density at radius 1 is 1.35 bits per heavy atom. The average molecular weight is 320 g/mol. The molecule has 23 heavy (non-hydrogen) atoms. The van der Waals surface area contributed by atoms with Gasteiger partial charge in [0.2, 0.25) is 5.91 Å². The molecule has 0 spiro atoms. The third kappa shape index (κ3) is 3.67. The van der Waals surface area contributed by atoms with Gasteiger partial charge in [-0.3, -0.25) is 4.79 Å². The highest BCUT2D eigenvalue weighted by Crippen LogP contribution is 2.32. The van der Waals surface area contributed by atoms with Crippen molar-refractivity contribution in [2.75, 3.05) is 25.2 Å². The van der Waals surface area contributed by atoms with Crippen molar-refractivity contribution in [1.82, 2.24) is 5.32 Å². The van der Waals surface area contributed by atoms with E-state index < -0.39 is 0 Å². The molecule has 0 radical (unpaired) electrons. The molecule has 1 aromatic rings. The van der Waals surface area contributed by atoms with E-state index in [1.807, 2.05) is 24.3 Å². The normalized spacial score (nSPS) is 18.5. The molecule has 2 rings (SSSR count). The molecule has 1 heterocycles. The highest BCUT2D eigenvalue weighted by Gasteiger charge is 2.38. The van der Waals surface area contributed by atoms with E-state index in [9.17, 15) is 9.90 Å². The summed E-state index contributed by atoms with van der Waals surface area (Å²) in [5.41, 5.74) is 0.649. The van der Waals surface area contributed by atoms with Crippen molar-refractivity contribution in [3.63, 3.8) is 0 Å². The van der Waals surface area contributed by atoms with Gasteiger partial charge in [-0.25, -0.2) is 0 Å². The number of hydrogen-bond acceptors (Lipinski definition) is 4. The predicted octanol–water partition coefficient (Wildman–Crippen LogP) is 2.33. The van der Waals surface area contributed by atoms with Crippen LogP contribution in [0, 0.1) is 0 Å². The number of rotatable bonds is 8. The minimum atomic E-state index is -0.202. The van der Waals surface area contributed by atoms with Crippen LogP contribution in [0.1, 0.15) is 39.5 Å². The first-order valence-corrected chi connectivity index (χ1v) is 8.43. The number of carbonyl (C=O) groups excluding carboxylic acids is 1. The average Bonchev–Trinajstić information content (AvgIpc) is 2.94. The van der Waals surface area contributed by atoms with Gasteiger partial charge in [0.25, 0.3) is 0 Å². The van der Waals surface area contributed by atoms with Crippen LogP contribution in [-0.4, -0.2) is 42.9 Å². The van der Waals surface area contributed by atoms with Crippen molar-refractivity contribution in [3.8, 4) is 5.75 Å². The number of benzene rings is 1. The van der Waals surface area contributed by atoms with Gasteiger partial charge >= 0.3 is 0 Å². The van der Waals surface area contributed by atoms with Crippen LogP contribution in [0.2, 0.25) is 0 Å². The maximum Gasteiger partial charge on any atom is 0.244 e. The number of anilines is 1. The van der Waals surface area contributed by atoms with E-state index in [-0.39, 0.29) is 24.1 Å². The molecule has 5 heteroatoms. The van der Waals surface area contributed by atoms with Crippen LogP contribution >= 0.6 is 0 Å². The minimum absolute atomic E-state index is 0.0821. The molecule has 2 N–H and O–H groups in total. The van der Waals surface area contributed by atoms with Gasteiger partial charge in [-0.15, -0.1) is 0 Å². The van der Waals surface area contributed by atoms with Crippen molar-refractivity contribution in [3.05, 3.63) is 24.3 Å². The predicted molar refractivity (Wildman–Crippen MR) is 91.9 cm³/mol. The molecule has 0 bridgehead atoms. The van der Waals surface area contributed by atoms with E-state index >= 15 is 0 Å². The molecule has 0 aromatic heterocycles. The lowest BCUT2D eigenvalue weighted by Crippen LogP contribution is -2.53. The molecule has 1 atom stereocenters. The molecular formula is C18H28N2O3. The van der Waals surface area contributed by atoms with Gasteiger partial charge in [-0.1, -0.05) is 26.0 Å². The fourth-order valence-corrected chi connectivity index (χ4v) is 3.37. The molecule has 1 aliphatic heterocycles. The number of para-hydroxylation sites is 2. The number of nitrogens with zero attached hydrogens (tertiary/aromatic N) is 1. The Balaban J connectivity index is 2.15. The summed E-state index contributed by atoms with van der Waals surface area (Å²) in [6, 6.07) is 7.41. The van der Waals surface area contributed by atoms with Crippen LogP contribution in [0.15, 0.2) is 24.3 Å². The highest BCUT2D eigenvalue weighted by molar-refractivity contribution is 6.00. The summed E-state index contributed by atoms with van der Waals surface area (Å²) in [6.45, 7) is 5.01. The summed E-state index contributed by atoms with van der Waals surface area (Å²) in [4.78, 5) is 14.6. The highest BCUT2D eigenvalue weighted by atomic mass is 16.5. The molecule has 1 saturated heterocycles. The molecule has 1 unspecified atom stereocenters. The Labute approximate surface area is 138 Å². The number of carbonyl (C=O) groups is 1. The molecule has 128 valence electrons. The van der Waals surface area contributed by atoms with Gasteiger partial charge < -0.3 is 20.1 Å². The second-order valence-electron chi connectivity index (χ2n) is 6.11. The Morgan fingerprint density at radius 2 is 2.04 bits per heavy atom. The second kappa shape index (κ2) is 7.79. The SMILES string of the molecule is CCC(CC)(CCO)NC1CCN(c2ccccc2OC)C1=O. The summed E-state index contributed by atoms with van der Waals surface area (Å²) in [6.07, 6.45) is 3.22. The minimum Gasteiger partial charge on any atom is -0.495 e. The third-order valence-corrected chi connectivity index (χ3v) is 5.01. The fraction of sp³-hybridized carbons (Fsp3) is 0.611. The maximum atomic E-state index is 12.8. The first-order chi connectivity index (χ1) is 11.1. The zero-order valence-corrected chi connectivity index (χ0v) is 14.3. The van der Waals surface area contributed by atoms with Gasteiger partial charge in [0, 0.05) is 18.7 Å². The van der Waals surface area contributed by atoms with Crippen LogP contribution in [0.4, 0.5) is 5.69 Å². The summed E-state index contributed by atoms with van der Waals surface area (Å²) in [7, 11) is 1.62. The van der Waals surface area contributed by atoms with Gasteiger partial charge in [0.1, 0.15) is 5.75 Å². The summed E-state index contributed by atoms with van der Waals surface area (Å²) >= 11 is 0. The Hall–Kier alpha value is -1.59. The van der Waals surface area contributed by atoms with E-state index in [0.717, 1.165) is 24.9 Å². The van der Waals surface area contributed by atoms with Crippen LogP contribution in [0.25, 0.3) is 0 Å². The largest absolute Gasteiger partial charge is 0.495 e. The van der Waals surface area contributed by atoms with Gasteiger partial charge in [-0.05, 0) is 37.8 Å². The van der Waals surface area contributed by atoms with Crippen molar-refractivity contribution in [2.24, 2.45) is 0 Å². The zero-order chi connectivity index (χ0) is 16.9. The second-order valence-corrected chi connectivity index (χ2v) is 6.11. The molecular weight excluding hydrogens is 292 g/mol. The third-order valence-electron chi connectivity index (χ3n) is 5.01. The Bertz CT molecular complexity index is 529. The van der Waals surface area contributed by atoms with Crippen molar-refractivity contribution in [1.29, 1.82) is 0 Å². The standard InChI is InChI=1S/C18H28N2O3/c1-4-18(5-2,11-13-21)19-14-10-12-20(17(14)22)15-8-6-7-9-16(15)23-3/h6-9,14,19,21H,4-5,10-13H2,1-3H3. The molecule has 1 fully saturated rings. The fourth-order valence-electron chi connectivity index (χ4n) is 3.37. The first-order valence-electron chi connectivity index (χ1n) is 8.43. The number of ether oxygens (including phenoxy) is 1. The maximum absolute atomic E-state index is 12.8. The Kier molecular flexibility index (Phi) is 6.02. The lowest BCUT2D eigenvalue weighted by molar-refractivity contribution is -0.119. The quantitative estimate of drug-likeness (QED) is 0.772. The molecule has 1 amide bonds. The van der Waals surface area contributed by atoms with Crippen LogP contribution in [0.3, 0.4) is 0 Å². The Morgan fingerprint density at radius 3 is 2.65 bits per heavy atom. The topological polar surface area (TPSA) is 61.8 Å². The van der Waals surface area contributed by atoms with Gasteiger partial charge in [0.05, 0.1) is 18.8 Å². The summed E-state index contributed by atoms with van der Waals surface area (Å²) < 4.78 is 5.38. The van der Waals surface area contributed by atoms with Gasteiger partial charge in [-0.2, -0.15) is 0 Å². The van der Waals surface area contributed by atoms with Crippen LogP contribution in [0.5, 0.6) is 5.75 Å². The van der Waals surface area contributed by atoms with E-state index in [1.165, 1.54) is 0 Å². The number of aliphatic hydroxyl groups excluding tert-OH is 1. The molecule has 0 aliphatic carbocycles. The molecule has 1 aromatic carbocycles. The monoisotopic (exact) mass is 320 g/mol. The van der Waals surface area contributed by atoms with Crippen LogP contribution in [-0.2, 0) is 4.79 Å². The van der Waals surface area contributed by atoms with E-state index in [4.69, 9.17) is 4.74 Å². The lowest BCUT2D eigenvalue weighted by atomic mass is 9.88. The van der Waals surface area contributed by atoms with Crippen molar-refractivity contribution < 1.29 is 14.6 Å². The van der Waals surface area contributed by atoms with Crippen molar-refractivity contribution in [2.45, 2.75) is 51.1 Å². The summed E-state index contributed by atoms with van der Waals surface area (Å²) in [5, 5.41) is 12.9. The van der Waals surface area contributed by atoms with Crippen LogP contribution < -0.4 is 15.0 Å². The van der Waals surface area contributed by atoms with Gasteiger partial charge in [0.15, 0.2) is 0 Å². The number of methoxy groups -OCH3 is 1. The van der Waals surface area contributed by atoms with E-state index in [2.05, 4.69) is 19.2 Å². The zero-order valence-electron chi connectivity index (χ0n) is 14.3. The number of hydrogen-bond donors (Lipinski definition) is 2. The smallest absolute Gasteiger partial charge is 0.244 e. The molecule has 5 nitrogen and oxygen atoms in total. The molecule has 1 aliphatic rings. The van der Waals surface area contributed by atoms with E-state index in [1.54, 1.807) is 12.0 Å². The number of nitrogens with one attached hydrogen (secondary N) is 1. The van der Waals surface area contributed by atoms with Crippen molar-refractivity contribution >= 4 is 11.6 Å². The number of amides is 1. The lowest BCUT2D eigenvalue weighted by Gasteiger charge is -2.35.